The molecular formula is C23H23BrN2O4S. The van der Waals surface area contributed by atoms with Crippen molar-refractivity contribution in [2.24, 2.45) is 0 Å². The molecule has 0 saturated carbocycles. The normalized spacial score (nSPS) is 12.2. The van der Waals surface area contributed by atoms with Crippen LogP contribution in [-0.4, -0.2) is 27.5 Å². The van der Waals surface area contributed by atoms with Crippen molar-refractivity contribution in [2.45, 2.75) is 24.3 Å². The van der Waals surface area contributed by atoms with Gasteiger partial charge in [-0.15, -0.1) is 0 Å². The first-order valence-electron chi connectivity index (χ1n) is 9.56. The minimum absolute atomic E-state index is 0.0672. The molecule has 0 bridgehead atoms. The summed E-state index contributed by atoms with van der Waals surface area (Å²) in [4.78, 5) is 13.1. The number of sulfonamides is 1. The average molecular weight is 503 g/mol. The molecule has 1 amide bonds. The monoisotopic (exact) mass is 502 g/mol. The number of halogens is 1. The van der Waals surface area contributed by atoms with Gasteiger partial charge in [0, 0.05) is 4.47 Å². The lowest BCUT2D eigenvalue weighted by molar-refractivity contribution is -0.117. The molecule has 0 spiro atoms. The van der Waals surface area contributed by atoms with Gasteiger partial charge in [0.25, 0.3) is 0 Å². The van der Waals surface area contributed by atoms with Crippen LogP contribution in [0, 0.1) is 6.92 Å². The van der Waals surface area contributed by atoms with Crippen LogP contribution in [-0.2, 0) is 21.2 Å². The highest BCUT2D eigenvalue weighted by Gasteiger charge is 2.27. The van der Waals surface area contributed by atoms with Crippen molar-refractivity contribution in [2.75, 3.05) is 12.4 Å². The van der Waals surface area contributed by atoms with Crippen molar-refractivity contribution in [3.63, 3.8) is 0 Å². The minimum atomic E-state index is -3.95. The van der Waals surface area contributed by atoms with E-state index in [1.54, 1.807) is 31.2 Å². The van der Waals surface area contributed by atoms with E-state index in [1.807, 2.05) is 36.4 Å². The van der Waals surface area contributed by atoms with Gasteiger partial charge in [-0.3, -0.25) is 4.79 Å². The smallest absolute Gasteiger partial charge is 0.242 e. The Morgan fingerprint density at radius 1 is 1.03 bits per heavy atom. The zero-order valence-corrected chi connectivity index (χ0v) is 19.5. The third kappa shape index (κ3) is 5.94. The number of rotatable bonds is 8. The first-order valence-corrected chi connectivity index (χ1v) is 11.8. The standard InChI is InChI=1S/C23H23BrN2O4S/c1-16-14-18(12-13-22(16)30-2)31(28,29)26-21(15-17-8-4-3-5-9-17)23(27)25-20-11-7-6-10-19(20)24/h3-14,21,26H,15H2,1-2H3,(H,25,27)/t21-/m1/s1. The van der Waals surface area contributed by atoms with Gasteiger partial charge in [-0.05, 0) is 70.7 Å². The molecular weight excluding hydrogens is 480 g/mol. The highest BCUT2D eigenvalue weighted by Crippen LogP contribution is 2.23. The molecule has 0 saturated heterocycles. The highest BCUT2D eigenvalue weighted by molar-refractivity contribution is 9.10. The largest absolute Gasteiger partial charge is 0.496 e. The molecule has 0 aliphatic carbocycles. The SMILES string of the molecule is COc1ccc(S(=O)(=O)N[C@H](Cc2ccccc2)C(=O)Nc2ccccc2Br)cc1C. The van der Waals surface area contributed by atoms with E-state index in [0.717, 1.165) is 5.56 Å². The Morgan fingerprint density at radius 2 is 1.71 bits per heavy atom. The Hall–Kier alpha value is -2.68. The number of hydrogen-bond acceptors (Lipinski definition) is 4. The predicted octanol–water partition coefficient (Wildman–Crippen LogP) is 4.29. The number of para-hydroxylation sites is 1. The lowest BCUT2D eigenvalue weighted by Crippen LogP contribution is -2.45. The number of ether oxygens (including phenoxy) is 1. The number of anilines is 1. The van der Waals surface area contributed by atoms with Gasteiger partial charge in [0.1, 0.15) is 11.8 Å². The van der Waals surface area contributed by atoms with Gasteiger partial charge >= 0.3 is 0 Å². The van der Waals surface area contributed by atoms with Gasteiger partial charge in [-0.2, -0.15) is 4.72 Å². The van der Waals surface area contributed by atoms with Crippen LogP contribution in [0.15, 0.2) is 82.2 Å². The van der Waals surface area contributed by atoms with Gasteiger partial charge in [0.05, 0.1) is 17.7 Å². The quantitative estimate of drug-likeness (QED) is 0.480. The second-order valence-electron chi connectivity index (χ2n) is 6.96. The fourth-order valence-electron chi connectivity index (χ4n) is 3.09. The van der Waals surface area contributed by atoms with Crippen LogP contribution in [0.1, 0.15) is 11.1 Å². The molecule has 3 aromatic carbocycles. The third-order valence-corrected chi connectivity index (χ3v) is 6.87. The lowest BCUT2D eigenvalue weighted by atomic mass is 10.1. The molecule has 1 atom stereocenters. The first kappa shape index (κ1) is 23.0. The first-order chi connectivity index (χ1) is 14.8. The van der Waals surface area contributed by atoms with E-state index in [0.29, 0.717) is 21.5 Å². The molecule has 3 aromatic rings. The molecule has 0 aliphatic heterocycles. The minimum Gasteiger partial charge on any atom is -0.496 e. The van der Waals surface area contributed by atoms with Crippen LogP contribution in [0.3, 0.4) is 0 Å². The summed E-state index contributed by atoms with van der Waals surface area (Å²) in [6.07, 6.45) is 0.200. The molecule has 2 N–H and O–H groups in total. The lowest BCUT2D eigenvalue weighted by Gasteiger charge is -2.19. The van der Waals surface area contributed by atoms with Crippen LogP contribution in [0.5, 0.6) is 5.75 Å². The second-order valence-corrected chi connectivity index (χ2v) is 9.53. The van der Waals surface area contributed by atoms with Crippen molar-refractivity contribution in [3.05, 3.63) is 88.4 Å². The molecule has 0 heterocycles. The van der Waals surface area contributed by atoms with Crippen LogP contribution in [0.25, 0.3) is 0 Å². The third-order valence-electron chi connectivity index (χ3n) is 4.70. The number of methoxy groups -OCH3 is 1. The van der Waals surface area contributed by atoms with Gasteiger partial charge in [-0.25, -0.2) is 8.42 Å². The second kappa shape index (κ2) is 10.1. The summed E-state index contributed by atoms with van der Waals surface area (Å²) in [7, 11) is -2.43. The summed E-state index contributed by atoms with van der Waals surface area (Å²) in [5.74, 6) is 0.135. The topological polar surface area (TPSA) is 84.5 Å². The van der Waals surface area contributed by atoms with E-state index in [9.17, 15) is 13.2 Å². The van der Waals surface area contributed by atoms with E-state index >= 15 is 0 Å². The van der Waals surface area contributed by atoms with E-state index in [4.69, 9.17) is 4.74 Å². The number of hydrogen-bond donors (Lipinski definition) is 2. The number of benzene rings is 3. The van der Waals surface area contributed by atoms with Crippen LogP contribution < -0.4 is 14.8 Å². The van der Waals surface area contributed by atoms with Gasteiger partial charge in [-0.1, -0.05) is 42.5 Å². The number of carbonyl (C=O) groups excluding carboxylic acids is 1. The average Bonchev–Trinajstić information content (AvgIpc) is 2.75. The van der Waals surface area contributed by atoms with Crippen molar-refractivity contribution in [1.82, 2.24) is 4.72 Å². The van der Waals surface area contributed by atoms with E-state index in [2.05, 4.69) is 26.0 Å². The Morgan fingerprint density at radius 3 is 2.35 bits per heavy atom. The number of carbonyl (C=O) groups is 1. The van der Waals surface area contributed by atoms with Crippen LogP contribution >= 0.6 is 15.9 Å². The molecule has 31 heavy (non-hydrogen) atoms. The molecule has 6 nitrogen and oxygen atoms in total. The maximum atomic E-state index is 13.1. The van der Waals surface area contributed by atoms with Crippen molar-refractivity contribution >= 4 is 37.5 Å². The fourth-order valence-corrected chi connectivity index (χ4v) is 4.76. The molecule has 162 valence electrons. The predicted molar refractivity (Wildman–Crippen MR) is 125 cm³/mol. The summed E-state index contributed by atoms with van der Waals surface area (Å²) in [6, 6.07) is 20.0. The van der Waals surface area contributed by atoms with Gasteiger partial charge in [0.15, 0.2) is 0 Å². The van der Waals surface area contributed by atoms with Gasteiger partial charge in [0.2, 0.25) is 15.9 Å². The van der Waals surface area contributed by atoms with Crippen LogP contribution in [0.4, 0.5) is 5.69 Å². The van der Waals surface area contributed by atoms with Gasteiger partial charge < -0.3 is 10.1 Å². The number of nitrogens with one attached hydrogen (secondary N) is 2. The molecule has 0 fully saturated rings. The van der Waals surface area contributed by atoms with Crippen LogP contribution in [0.2, 0.25) is 0 Å². The fraction of sp³-hybridized carbons (Fsp3) is 0.174. The molecule has 0 radical (unpaired) electrons. The van der Waals surface area contributed by atoms with E-state index in [-0.39, 0.29) is 11.3 Å². The number of aryl methyl sites for hydroxylation is 1. The molecule has 0 unspecified atom stereocenters. The summed E-state index contributed by atoms with van der Waals surface area (Å²) in [5, 5.41) is 2.80. The summed E-state index contributed by atoms with van der Waals surface area (Å²) < 4.78 is 34.6. The summed E-state index contributed by atoms with van der Waals surface area (Å²) in [6.45, 7) is 1.76. The Kier molecular flexibility index (Phi) is 7.48. The molecule has 0 aliphatic rings. The zero-order valence-electron chi connectivity index (χ0n) is 17.1. The molecule has 8 heteroatoms. The highest BCUT2D eigenvalue weighted by atomic mass is 79.9. The Balaban J connectivity index is 1.89. The summed E-state index contributed by atoms with van der Waals surface area (Å²) >= 11 is 3.40. The Bertz CT molecular complexity index is 1170. The van der Waals surface area contributed by atoms with Crippen molar-refractivity contribution in [1.29, 1.82) is 0 Å². The van der Waals surface area contributed by atoms with Crippen molar-refractivity contribution in [3.8, 4) is 5.75 Å². The Labute approximate surface area is 190 Å². The van der Waals surface area contributed by atoms with E-state index in [1.165, 1.54) is 19.2 Å². The molecule has 3 rings (SSSR count). The molecule has 0 aromatic heterocycles. The number of amides is 1. The maximum Gasteiger partial charge on any atom is 0.242 e. The zero-order chi connectivity index (χ0) is 22.4. The summed E-state index contributed by atoms with van der Waals surface area (Å²) in [5.41, 5.74) is 2.08. The van der Waals surface area contributed by atoms with Crippen molar-refractivity contribution < 1.29 is 17.9 Å². The van der Waals surface area contributed by atoms with E-state index < -0.39 is 22.0 Å². The maximum absolute atomic E-state index is 13.1.